The predicted molar refractivity (Wildman–Crippen MR) is 113 cm³/mol. The van der Waals surface area contributed by atoms with Crippen LogP contribution in [0.5, 0.6) is 5.75 Å². The number of hydrazone groups is 1. The Labute approximate surface area is 171 Å². The highest BCUT2D eigenvalue weighted by atomic mass is 16.5. The van der Waals surface area contributed by atoms with Crippen LogP contribution in [0.2, 0.25) is 0 Å². The summed E-state index contributed by atoms with van der Waals surface area (Å²) in [6.07, 6.45) is 0.991. The normalized spacial score (nSPS) is 14.3. The van der Waals surface area contributed by atoms with E-state index in [0.29, 0.717) is 6.54 Å². The monoisotopic (exact) mass is 393 g/mol. The Morgan fingerprint density at radius 1 is 1.17 bits per heavy atom. The number of nitrogens with one attached hydrogen (secondary N) is 1. The van der Waals surface area contributed by atoms with Crippen molar-refractivity contribution in [1.29, 1.82) is 0 Å². The van der Waals surface area contributed by atoms with E-state index in [1.807, 2.05) is 62.4 Å². The number of rotatable bonds is 7. The van der Waals surface area contributed by atoms with Crippen molar-refractivity contribution in [2.75, 3.05) is 13.7 Å². The van der Waals surface area contributed by atoms with E-state index in [9.17, 15) is 9.59 Å². The Morgan fingerprint density at radius 3 is 2.66 bits per heavy atom. The summed E-state index contributed by atoms with van der Waals surface area (Å²) in [6.45, 7) is 4.46. The van der Waals surface area contributed by atoms with Crippen LogP contribution in [0.15, 0.2) is 53.6 Å². The summed E-state index contributed by atoms with van der Waals surface area (Å²) in [4.78, 5) is 24.8. The first-order chi connectivity index (χ1) is 14.0. The molecule has 1 aliphatic rings. The van der Waals surface area contributed by atoms with E-state index in [-0.39, 0.29) is 30.7 Å². The fourth-order valence-corrected chi connectivity index (χ4v) is 3.40. The number of methoxy groups -OCH3 is 1. The van der Waals surface area contributed by atoms with Crippen LogP contribution in [0.1, 0.15) is 48.9 Å². The summed E-state index contributed by atoms with van der Waals surface area (Å²) in [5.74, 6) is 0.437. The van der Waals surface area contributed by atoms with E-state index in [0.717, 1.165) is 34.6 Å². The zero-order valence-corrected chi connectivity index (χ0v) is 17.1. The minimum atomic E-state index is -0.207. The lowest BCUT2D eigenvalue weighted by atomic mass is 10.0. The summed E-state index contributed by atoms with van der Waals surface area (Å²) >= 11 is 0. The number of amides is 2. The summed E-state index contributed by atoms with van der Waals surface area (Å²) in [7, 11) is 1.61. The summed E-state index contributed by atoms with van der Waals surface area (Å²) < 4.78 is 5.39. The molecule has 2 amide bonds. The van der Waals surface area contributed by atoms with Crippen molar-refractivity contribution in [2.45, 2.75) is 39.2 Å². The smallest absolute Gasteiger partial charge is 0.243 e. The maximum atomic E-state index is 12.4. The van der Waals surface area contributed by atoms with Gasteiger partial charge in [-0.1, -0.05) is 48.0 Å². The molecule has 0 saturated carbocycles. The highest BCUT2D eigenvalue weighted by Crippen LogP contribution is 2.26. The van der Waals surface area contributed by atoms with E-state index in [1.54, 1.807) is 7.11 Å². The maximum absolute atomic E-state index is 12.4. The lowest BCUT2D eigenvalue weighted by molar-refractivity contribution is -0.133. The second-order valence-electron chi connectivity index (χ2n) is 7.21. The molecule has 1 heterocycles. The van der Waals surface area contributed by atoms with E-state index in [4.69, 9.17) is 4.74 Å². The number of benzene rings is 2. The first-order valence-electron chi connectivity index (χ1n) is 9.85. The van der Waals surface area contributed by atoms with Crippen LogP contribution < -0.4 is 10.1 Å². The van der Waals surface area contributed by atoms with Gasteiger partial charge >= 0.3 is 0 Å². The van der Waals surface area contributed by atoms with Gasteiger partial charge in [0.15, 0.2) is 0 Å². The molecule has 2 aromatic rings. The van der Waals surface area contributed by atoms with Crippen molar-refractivity contribution in [1.82, 2.24) is 10.3 Å². The molecule has 1 aliphatic heterocycles. The third kappa shape index (κ3) is 5.22. The van der Waals surface area contributed by atoms with Crippen molar-refractivity contribution >= 4 is 17.5 Å². The van der Waals surface area contributed by atoms with E-state index in [1.165, 1.54) is 5.01 Å². The lowest BCUT2D eigenvalue weighted by Crippen LogP contribution is -2.29. The highest BCUT2D eigenvalue weighted by molar-refractivity contribution is 6.02. The molecule has 0 radical (unpaired) electrons. The van der Waals surface area contributed by atoms with Gasteiger partial charge in [-0.25, -0.2) is 5.01 Å². The van der Waals surface area contributed by atoms with Gasteiger partial charge in [-0.05, 0) is 25.5 Å². The Morgan fingerprint density at radius 2 is 1.93 bits per heavy atom. The number of aryl methyl sites for hydroxylation is 1. The van der Waals surface area contributed by atoms with Crippen LogP contribution in [0.3, 0.4) is 0 Å². The lowest BCUT2D eigenvalue weighted by Gasteiger charge is -2.18. The third-order valence-electron chi connectivity index (χ3n) is 4.99. The molecule has 6 nitrogen and oxygen atoms in total. The second-order valence-corrected chi connectivity index (χ2v) is 7.21. The van der Waals surface area contributed by atoms with Gasteiger partial charge in [0.2, 0.25) is 11.8 Å². The molecule has 0 aliphatic carbocycles. The van der Waals surface area contributed by atoms with Crippen LogP contribution >= 0.6 is 0 Å². The number of nitrogens with zero attached hydrogens (tertiary/aromatic N) is 2. The third-order valence-corrected chi connectivity index (χ3v) is 4.99. The molecule has 1 N–H and O–H groups in total. The van der Waals surface area contributed by atoms with E-state index < -0.39 is 0 Å². The van der Waals surface area contributed by atoms with E-state index >= 15 is 0 Å². The molecule has 0 fully saturated rings. The number of hydrogen-bond acceptors (Lipinski definition) is 4. The minimum absolute atomic E-state index is 0.129. The van der Waals surface area contributed by atoms with Crippen molar-refractivity contribution in [3.63, 3.8) is 0 Å². The molecular weight excluding hydrogens is 366 g/mol. The Balaban J connectivity index is 1.52. The quantitative estimate of drug-likeness (QED) is 0.781. The van der Waals surface area contributed by atoms with Crippen LogP contribution in [-0.4, -0.2) is 36.2 Å². The molecule has 29 heavy (non-hydrogen) atoms. The number of ether oxygens (including phenoxy) is 1. The largest absolute Gasteiger partial charge is 0.496 e. The summed E-state index contributed by atoms with van der Waals surface area (Å²) in [5.41, 5.74) is 3.95. The van der Waals surface area contributed by atoms with Gasteiger partial charge in [-0.2, -0.15) is 5.10 Å². The molecule has 0 bridgehead atoms. The standard InChI is InChI=1S/C23H27N3O3/c1-16-9-10-21(29-3)19(15-16)17(2)24-22(27)11-12-23(28)26-14-13-20(25-26)18-7-5-4-6-8-18/h4-10,15,17H,11-14H2,1-3H3,(H,24,27). The number of carbonyl (C=O) groups excluding carboxylic acids is 2. The van der Waals surface area contributed by atoms with Gasteiger partial charge in [0, 0.05) is 24.8 Å². The Bertz CT molecular complexity index is 909. The molecule has 0 spiro atoms. The first kappa shape index (κ1) is 20.6. The van der Waals surface area contributed by atoms with Crippen LogP contribution in [-0.2, 0) is 9.59 Å². The van der Waals surface area contributed by atoms with Gasteiger partial charge in [0.1, 0.15) is 5.75 Å². The summed E-state index contributed by atoms with van der Waals surface area (Å²) in [6, 6.07) is 15.5. The molecule has 152 valence electrons. The van der Waals surface area contributed by atoms with Crippen molar-refractivity contribution in [3.8, 4) is 5.75 Å². The highest BCUT2D eigenvalue weighted by Gasteiger charge is 2.22. The molecular formula is C23H27N3O3. The molecule has 1 atom stereocenters. The van der Waals surface area contributed by atoms with Gasteiger partial charge in [-0.15, -0.1) is 0 Å². The molecule has 2 aromatic carbocycles. The van der Waals surface area contributed by atoms with Crippen LogP contribution in [0.25, 0.3) is 0 Å². The fraction of sp³-hybridized carbons (Fsp3) is 0.348. The van der Waals surface area contributed by atoms with Crippen molar-refractivity contribution in [3.05, 3.63) is 65.2 Å². The van der Waals surface area contributed by atoms with Gasteiger partial charge in [-0.3, -0.25) is 9.59 Å². The fourth-order valence-electron chi connectivity index (χ4n) is 3.40. The molecule has 6 heteroatoms. The average Bonchev–Trinajstić information content (AvgIpc) is 3.23. The average molecular weight is 393 g/mol. The summed E-state index contributed by atoms with van der Waals surface area (Å²) in [5, 5.41) is 8.86. The SMILES string of the molecule is COc1ccc(C)cc1C(C)NC(=O)CCC(=O)N1CCC(c2ccccc2)=N1. The van der Waals surface area contributed by atoms with Gasteiger partial charge < -0.3 is 10.1 Å². The Hall–Kier alpha value is -3.15. The topological polar surface area (TPSA) is 71.0 Å². The van der Waals surface area contributed by atoms with Crippen LogP contribution in [0.4, 0.5) is 0 Å². The number of hydrogen-bond donors (Lipinski definition) is 1. The molecule has 1 unspecified atom stereocenters. The maximum Gasteiger partial charge on any atom is 0.243 e. The molecule has 0 aromatic heterocycles. The van der Waals surface area contributed by atoms with Crippen molar-refractivity contribution in [2.24, 2.45) is 5.10 Å². The minimum Gasteiger partial charge on any atom is -0.496 e. The predicted octanol–water partition coefficient (Wildman–Crippen LogP) is 3.60. The number of carbonyl (C=O) groups is 2. The van der Waals surface area contributed by atoms with Crippen LogP contribution in [0, 0.1) is 6.92 Å². The zero-order chi connectivity index (χ0) is 20.8. The zero-order valence-electron chi connectivity index (χ0n) is 17.1. The van der Waals surface area contributed by atoms with Gasteiger partial charge in [0.05, 0.1) is 25.4 Å². The van der Waals surface area contributed by atoms with Crippen molar-refractivity contribution < 1.29 is 14.3 Å². The molecule has 0 saturated heterocycles. The van der Waals surface area contributed by atoms with Gasteiger partial charge in [0.25, 0.3) is 0 Å². The second kappa shape index (κ2) is 9.37. The molecule has 3 rings (SSSR count). The van der Waals surface area contributed by atoms with E-state index in [2.05, 4.69) is 10.4 Å². The Kier molecular flexibility index (Phi) is 6.65. The first-order valence-corrected chi connectivity index (χ1v) is 9.85.